The predicted octanol–water partition coefficient (Wildman–Crippen LogP) is 2.39. The van der Waals surface area contributed by atoms with Crippen molar-refractivity contribution in [2.45, 2.75) is 50.5 Å². The second-order valence-corrected chi connectivity index (χ2v) is 4.40. The van der Waals surface area contributed by atoms with E-state index in [4.69, 9.17) is 14.2 Å². The molecule has 0 aliphatic carbocycles. The molecule has 2 heterocycles. The van der Waals surface area contributed by atoms with Gasteiger partial charge in [0.1, 0.15) is 0 Å². The van der Waals surface area contributed by atoms with Crippen LogP contribution in [0.15, 0.2) is 25.3 Å². The van der Waals surface area contributed by atoms with Gasteiger partial charge in [-0.05, 0) is 26.0 Å². The molecule has 15 heavy (non-hydrogen) atoms. The summed E-state index contributed by atoms with van der Waals surface area (Å²) in [6, 6.07) is 0. The molecule has 0 saturated carbocycles. The Morgan fingerprint density at radius 3 is 1.60 bits per heavy atom. The minimum Gasteiger partial charge on any atom is -0.343 e. The first kappa shape index (κ1) is 10.9. The van der Waals surface area contributed by atoms with Crippen molar-refractivity contribution in [1.29, 1.82) is 0 Å². The molecule has 0 bridgehead atoms. The van der Waals surface area contributed by atoms with Gasteiger partial charge in [0, 0.05) is 12.8 Å². The van der Waals surface area contributed by atoms with E-state index in [1.807, 2.05) is 13.8 Å². The highest BCUT2D eigenvalue weighted by atomic mass is 16.8. The van der Waals surface area contributed by atoms with Crippen LogP contribution < -0.4 is 0 Å². The van der Waals surface area contributed by atoms with Gasteiger partial charge in [0.2, 0.25) is 0 Å². The Hall–Kier alpha value is -0.640. The number of hydrogen-bond acceptors (Lipinski definition) is 3. The first-order valence-corrected chi connectivity index (χ1v) is 5.36. The molecule has 3 heteroatoms. The Bertz CT molecular complexity index is 245. The fraction of sp³-hybridized carbons (Fsp3) is 0.667. The first-order chi connectivity index (χ1) is 7.03. The van der Waals surface area contributed by atoms with E-state index < -0.39 is 11.6 Å². The van der Waals surface area contributed by atoms with E-state index in [2.05, 4.69) is 13.2 Å². The van der Waals surface area contributed by atoms with Gasteiger partial charge in [0.05, 0.1) is 12.2 Å². The second-order valence-electron chi connectivity index (χ2n) is 4.40. The lowest BCUT2D eigenvalue weighted by Crippen LogP contribution is -2.60. The summed E-state index contributed by atoms with van der Waals surface area (Å²) in [7, 11) is 0. The molecule has 2 aliphatic heterocycles. The van der Waals surface area contributed by atoms with Gasteiger partial charge in [-0.25, -0.2) is 0 Å². The molecule has 84 valence electrons. The molecular formula is C12H18O3. The van der Waals surface area contributed by atoms with E-state index >= 15 is 0 Å². The zero-order valence-corrected chi connectivity index (χ0v) is 9.36. The van der Waals surface area contributed by atoms with Crippen LogP contribution in [0, 0.1) is 0 Å². The quantitative estimate of drug-likeness (QED) is 0.667. The highest BCUT2D eigenvalue weighted by Gasteiger charge is 2.52. The molecule has 0 aromatic heterocycles. The second kappa shape index (κ2) is 3.44. The Kier molecular flexibility index (Phi) is 2.49. The van der Waals surface area contributed by atoms with Crippen LogP contribution in [0.4, 0.5) is 0 Å². The maximum absolute atomic E-state index is 5.86. The van der Waals surface area contributed by atoms with Crippen molar-refractivity contribution in [1.82, 2.24) is 0 Å². The van der Waals surface area contributed by atoms with Crippen molar-refractivity contribution < 1.29 is 14.2 Å². The average molecular weight is 210 g/mol. The van der Waals surface area contributed by atoms with Crippen LogP contribution in [0.5, 0.6) is 0 Å². The van der Waals surface area contributed by atoms with Gasteiger partial charge in [-0.2, -0.15) is 0 Å². The topological polar surface area (TPSA) is 27.7 Å². The molecule has 2 fully saturated rings. The number of hydrogen-bond donors (Lipinski definition) is 0. The summed E-state index contributed by atoms with van der Waals surface area (Å²) >= 11 is 0. The molecule has 4 unspecified atom stereocenters. The van der Waals surface area contributed by atoms with E-state index in [1.165, 1.54) is 0 Å². The van der Waals surface area contributed by atoms with Crippen LogP contribution in [0.25, 0.3) is 0 Å². The van der Waals surface area contributed by atoms with Crippen molar-refractivity contribution in [2.24, 2.45) is 0 Å². The molecule has 2 aliphatic rings. The van der Waals surface area contributed by atoms with Crippen LogP contribution in [-0.2, 0) is 14.2 Å². The van der Waals surface area contributed by atoms with Crippen molar-refractivity contribution in [3.8, 4) is 0 Å². The zero-order chi connectivity index (χ0) is 11.1. The van der Waals surface area contributed by atoms with Crippen molar-refractivity contribution in [3.05, 3.63) is 25.3 Å². The van der Waals surface area contributed by atoms with Gasteiger partial charge in [-0.15, -0.1) is 0 Å². The van der Waals surface area contributed by atoms with Crippen molar-refractivity contribution >= 4 is 0 Å². The Balaban J connectivity index is 2.01. The number of rotatable bonds is 4. The average Bonchev–Trinajstić information content (AvgIpc) is 2.11. The summed E-state index contributed by atoms with van der Waals surface area (Å²) < 4.78 is 17.0. The molecule has 0 aromatic carbocycles. The van der Waals surface area contributed by atoms with Gasteiger partial charge in [0.15, 0.2) is 11.6 Å². The van der Waals surface area contributed by atoms with E-state index in [9.17, 15) is 0 Å². The van der Waals surface area contributed by atoms with Crippen LogP contribution in [0.3, 0.4) is 0 Å². The minimum absolute atomic E-state index is 0.224. The third kappa shape index (κ3) is 1.75. The van der Waals surface area contributed by atoms with E-state index in [1.54, 1.807) is 12.2 Å². The fourth-order valence-electron chi connectivity index (χ4n) is 2.23. The third-order valence-corrected chi connectivity index (χ3v) is 2.91. The Morgan fingerprint density at radius 2 is 1.40 bits per heavy atom. The van der Waals surface area contributed by atoms with Crippen LogP contribution in [-0.4, -0.2) is 23.8 Å². The van der Waals surface area contributed by atoms with Crippen molar-refractivity contribution in [3.63, 3.8) is 0 Å². The lowest BCUT2D eigenvalue weighted by molar-refractivity contribution is -0.421. The summed E-state index contributed by atoms with van der Waals surface area (Å²) in [6.07, 6.45) is 5.49. The normalized spacial score (nSPS) is 48.9. The third-order valence-electron chi connectivity index (χ3n) is 2.91. The van der Waals surface area contributed by atoms with Crippen LogP contribution in [0.2, 0.25) is 0 Å². The molecule has 3 nitrogen and oxygen atoms in total. The zero-order valence-electron chi connectivity index (χ0n) is 9.36. The largest absolute Gasteiger partial charge is 0.343 e. The molecule has 0 radical (unpaired) electrons. The summed E-state index contributed by atoms with van der Waals surface area (Å²) in [4.78, 5) is 0. The van der Waals surface area contributed by atoms with Gasteiger partial charge < -0.3 is 14.2 Å². The predicted molar refractivity (Wildman–Crippen MR) is 57.3 cm³/mol. The molecule has 0 N–H and O–H groups in total. The highest BCUT2D eigenvalue weighted by molar-refractivity contribution is 5.05. The lowest BCUT2D eigenvalue weighted by Gasteiger charge is -2.53. The van der Waals surface area contributed by atoms with E-state index in [-0.39, 0.29) is 12.2 Å². The fourth-order valence-corrected chi connectivity index (χ4v) is 2.23. The van der Waals surface area contributed by atoms with Gasteiger partial charge >= 0.3 is 0 Å². The standard InChI is InChI=1S/C12H18O3/c1-5-11(7-9(3)13-11)15-12(6-2)8-10(4)14-12/h5-6,9-10H,1-2,7-8H2,3-4H3. The molecule has 2 rings (SSSR count). The molecule has 0 spiro atoms. The number of ether oxygens (including phenoxy) is 3. The maximum Gasteiger partial charge on any atom is 0.193 e. The summed E-state index contributed by atoms with van der Waals surface area (Å²) in [5, 5.41) is 0. The molecule has 0 aromatic rings. The maximum atomic E-state index is 5.86. The molecule has 0 amide bonds. The van der Waals surface area contributed by atoms with Gasteiger partial charge in [0.25, 0.3) is 0 Å². The highest BCUT2D eigenvalue weighted by Crippen LogP contribution is 2.44. The molecule has 4 atom stereocenters. The summed E-state index contributed by atoms with van der Waals surface area (Å²) in [5.74, 6) is -1.35. The van der Waals surface area contributed by atoms with Gasteiger partial charge in [-0.3, -0.25) is 0 Å². The van der Waals surface area contributed by atoms with E-state index in [0.29, 0.717) is 0 Å². The van der Waals surface area contributed by atoms with Gasteiger partial charge in [-0.1, -0.05) is 13.2 Å². The molecule has 2 saturated heterocycles. The smallest absolute Gasteiger partial charge is 0.193 e. The first-order valence-electron chi connectivity index (χ1n) is 5.36. The Labute approximate surface area is 90.7 Å². The summed E-state index contributed by atoms with van der Waals surface area (Å²) in [6.45, 7) is 11.5. The summed E-state index contributed by atoms with van der Waals surface area (Å²) in [5.41, 5.74) is 0. The van der Waals surface area contributed by atoms with Crippen LogP contribution in [0.1, 0.15) is 26.7 Å². The minimum atomic E-state index is -0.673. The molecular weight excluding hydrogens is 192 g/mol. The monoisotopic (exact) mass is 210 g/mol. The van der Waals surface area contributed by atoms with E-state index in [0.717, 1.165) is 12.8 Å². The Morgan fingerprint density at radius 1 is 1.07 bits per heavy atom. The lowest BCUT2D eigenvalue weighted by atomic mass is 9.98. The van der Waals surface area contributed by atoms with Crippen LogP contribution >= 0.6 is 0 Å². The van der Waals surface area contributed by atoms with Crippen molar-refractivity contribution in [2.75, 3.05) is 0 Å². The SMILES string of the molecule is C=CC1(OC2(C=C)CC(C)O2)CC(C)O1.